The monoisotopic (exact) mass is 267 g/mol. The number of rotatable bonds is 3. The average molecular weight is 268 g/mol. The molecule has 2 rings (SSSR count). The van der Waals surface area contributed by atoms with Gasteiger partial charge in [0, 0.05) is 11.9 Å². The molecule has 0 unspecified atom stereocenters. The molecule has 1 aliphatic rings. The third kappa shape index (κ3) is 2.34. The van der Waals surface area contributed by atoms with Crippen molar-refractivity contribution in [3.05, 3.63) is 34.9 Å². The molecule has 4 nitrogen and oxygen atoms in total. The third-order valence-corrected chi connectivity index (χ3v) is 3.57. The molecule has 0 aromatic heterocycles. The fourth-order valence-electron chi connectivity index (χ4n) is 2.44. The van der Waals surface area contributed by atoms with Crippen LogP contribution < -0.4 is 5.32 Å². The van der Waals surface area contributed by atoms with Crippen molar-refractivity contribution in [3.63, 3.8) is 0 Å². The highest BCUT2D eigenvalue weighted by molar-refractivity contribution is 6.30. The second-order valence-corrected chi connectivity index (χ2v) is 5.17. The molecule has 1 fully saturated rings. The van der Waals surface area contributed by atoms with Crippen molar-refractivity contribution in [3.8, 4) is 0 Å². The summed E-state index contributed by atoms with van der Waals surface area (Å²) in [5.74, 6) is -1.16. The number of benzene rings is 1. The van der Waals surface area contributed by atoms with Crippen molar-refractivity contribution in [1.82, 2.24) is 5.32 Å². The molecule has 1 aliphatic carbocycles. The first-order chi connectivity index (χ1) is 8.43. The smallest absolute Gasteiger partial charge is 0.329 e. The number of amides is 1. The van der Waals surface area contributed by atoms with Crippen molar-refractivity contribution in [2.24, 2.45) is 0 Å². The number of hydrogen-bond donors (Lipinski definition) is 2. The van der Waals surface area contributed by atoms with Gasteiger partial charge in [0.15, 0.2) is 0 Å². The lowest BCUT2D eigenvalue weighted by molar-refractivity contribution is -0.152. The topological polar surface area (TPSA) is 66.4 Å². The first-order valence-electron chi connectivity index (χ1n) is 5.70. The maximum atomic E-state index is 11.2. The van der Waals surface area contributed by atoms with Gasteiger partial charge in [-0.1, -0.05) is 23.7 Å². The quantitative estimate of drug-likeness (QED) is 0.882. The second-order valence-electron chi connectivity index (χ2n) is 4.73. The Morgan fingerprint density at radius 1 is 1.44 bits per heavy atom. The molecule has 0 bridgehead atoms. The van der Waals surface area contributed by atoms with Crippen molar-refractivity contribution in [2.75, 3.05) is 0 Å². The Morgan fingerprint density at radius 2 is 2.11 bits per heavy atom. The number of nitrogens with one attached hydrogen (secondary N) is 1. The van der Waals surface area contributed by atoms with Gasteiger partial charge in [0.05, 0.1) is 0 Å². The summed E-state index contributed by atoms with van der Waals surface area (Å²) in [6, 6.07) is 7.39. The van der Waals surface area contributed by atoms with Gasteiger partial charge in [-0.3, -0.25) is 4.79 Å². The molecule has 96 valence electrons. The Balaban J connectivity index is 2.11. The third-order valence-electron chi connectivity index (χ3n) is 3.33. The molecular weight excluding hydrogens is 254 g/mol. The molecule has 1 aromatic rings. The highest BCUT2D eigenvalue weighted by Gasteiger charge is 2.51. The van der Waals surface area contributed by atoms with E-state index >= 15 is 0 Å². The Bertz CT molecular complexity index is 495. The number of carboxylic acid groups (broad SMARTS) is 1. The predicted octanol–water partition coefficient (Wildman–Crippen LogP) is 2.18. The van der Waals surface area contributed by atoms with Crippen molar-refractivity contribution in [1.29, 1.82) is 0 Å². The van der Waals surface area contributed by atoms with Crippen LogP contribution >= 0.6 is 11.6 Å². The summed E-state index contributed by atoms with van der Waals surface area (Å²) in [6.07, 6.45) is 0.810. The molecule has 0 aliphatic heterocycles. The molecule has 1 amide bonds. The maximum Gasteiger partial charge on any atom is 0.329 e. The standard InChI is InChI=1S/C13H14ClNO3/c1-8(16)15-13(12(17)18)6-10(7-13)9-3-2-4-11(14)5-9/h2-5,10H,6-7H2,1H3,(H,15,16)(H,17,18). The van der Waals surface area contributed by atoms with Crippen molar-refractivity contribution in [2.45, 2.75) is 31.2 Å². The molecule has 0 spiro atoms. The van der Waals surface area contributed by atoms with Gasteiger partial charge >= 0.3 is 5.97 Å². The number of hydrogen-bond acceptors (Lipinski definition) is 2. The van der Waals surface area contributed by atoms with Crippen LogP contribution in [0.5, 0.6) is 0 Å². The summed E-state index contributed by atoms with van der Waals surface area (Å²) in [6.45, 7) is 1.33. The zero-order valence-electron chi connectivity index (χ0n) is 9.94. The van der Waals surface area contributed by atoms with E-state index in [1.165, 1.54) is 6.92 Å². The van der Waals surface area contributed by atoms with E-state index in [9.17, 15) is 14.7 Å². The maximum absolute atomic E-state index is 11.2. The Kier molecular flexibility index (Phi) is 3.30. The number of carbonyl (C=O) groups is 2. The van der Waals surface area contributed by atoms with Crippen molar-refractivity contribution >= 4 is 23.5 Å². The van der Waals surface area contributed by atoms with Crippen LogP contribution in [0.3, 0.4) is 0 Å². The van der Waals surface area contributed by atoms with Gasteiger partial charge in [-0.25, -0.2) is 4.79 Å². The number of carbonyl (C=O) groups excluding carboxylic acids is 1. The van der Waals surface area contributed by atoms with E-state index in [0.29, 0.717) is 17.9 Å². The van der Waals surface area contributed by atoms with E-state index in [4.69, 9.17) is 11.6 Å². The van der Waals surface area contributed by atoms with E-state index in [0.717, 1.165) is 5.56 Å². The molecule has 5 heteroatoms. The highest BCUT2D eigenvalue weighted by atomic mass is 35.5. The molecule has 1 saturated carbocycles. The minimum atomic E-state index is -1.11. The number of aliphatic carboxylic acids is 1. The zero-order chi connectivity index (χ0) is 13.3. The number of carboxylic acids is 1. The van der Waals surface area contributed by atoms with Gasteiger partial charge in [-0.2, -0.15) is 0 Å². The Labute approximate surface area is 110 Å². The van der Waals surface area contributed by atoms with Crippen LogP contribution in [-0.2, 0) is 9.59 Å². The fourth-order valence-corrected chi connectivity index (χ4v) is 2.64. The molecule has 2 N–H and O–H groups in total. The van der Waals surface area contributed by atoms with Crippen LogP contribution in [0, 0.1) is 0 Å². The number of halogens is 1. The van der Waals surface area contributed by atoms with E-state index < -0.39 is 11.5 Å². The van der Waals surface area contributed by atoms with Gasteiger partial charge in [0.25, 0.3) is 0 Å². The SMILES string of the molecule is CC(=O)NC1(C(=O)O)CC(c2cccc(Cl)c2)C1. The largest absolute Gasteiger partial charge is 0.480 e. The fraction of sp³-hybridized carbons (Fsp3) is 0.385. The van der Waals surface area contributed by atoms with Crippen LogP contribution in [0.25, 0.3) is 0 Å². The first kappa shape index (κ1) is 12.9. The second kappa shape index (κ2) is 4.61. The molecule has 18 heavy (non-hydrogen) atoms. The summed E-state index contributed by atoms with van der Waals surface area (Å²) in [5.41, 5.74) is -0.0940. The molecule has 0 saturated heterocycles. The summed E-state index contributed by atoms with van der Waals surface area (Å²) < 4.78 is 0. The molecule has 0 atom stereocenters. The van der Waals surface area contributed by atoms with E-state index in [1.54, 1.807) is 6.07 Å². The Morgan fingerprint density at radius 3 is 2.61 bits per heavy atom. The van der Waals surface area contributed by atoms with Gasteiger partial charge in [-0.15, -0.1) is 0 Å². The van der Waals surface area contributed by atoms with Gasteiger partial charge in [0.2, 0.25) is 5.91 Å². The minimum Gasteiger partial charge on any atom is -0.480 e. The van der Waals surface area contributed by atoms with Gasteiger partial charge in [0.1, 0.15) is 5.54 Å². The normalized spacial score (nSPS) is 26.2. The lowest BCUT2D eigenvalue weighted by Gasteiger charge is -2.44. The van der Waals surface area contributed by atoms with Crippen LogP contribution in [0.2, 0.25) is 5.02 Å². The van der Waals surface area contributed by atoms with Gasteiger partial charge < -0.3 is 10.4 Å². The lowest BCUT2D eigenvalue weighted by atomic mass is 9.65. The van der Waals surface area contributed by atoms with E-state index in [-0.39, 0.29) is 11.8 Å². The average Bonchev–Trinajstić information content (AvgIpc) is 2.21. The van der Waals surface area contributed by atoms with Crippen LogP contribution in [0.4, 0.5) is 0 Å². The van der Waals surface area contributed by atoms with E-state index in [2.05, 4.69) is 5.32 Å². The lowest BCUT2D eigenvalue weighted by Crippen LogP contribution is -2.61. The highest BCUT2D eigenvalue weighted by Crippen LogP contribution is 2.45. The van der Waals surface area contributed by atoms with Crippen LogP contribution in [0.1, 0.15) is 31.2 Å². The van der Waals surface area contributed by atoms with Gasteiger partial charge in [-0.05, 0) is 36.5 Å². The predicted molar refractivity (Wildman–Crippen MR) is 67.6 cm³/mol. The molecule has 0 heterocycles. The minimum absolute atomic E-state index is 0.131. The molecule has 1 aromatic carbocycles. The van der Waals surface area contributed by atoms with Crippen molar-refractivity contribution < 1.29 is 14.7 Å². The molecule has 0 radical (unpaired) electrons. The summed E-state index contributed by atoms with van der Waals surface area (Å²) in [4.78, 5) is 22.3. The van der Waals surface area contributed by atoms with Crippen LogP contribution in [-0.4, -0.2) is 22.5 Å². The summed E-state index contributed by atoms with van der Waals surface area (Å²) >= 11 is 5.90. The summed E-state index contributed by atoms with van der Waals surface area (Å²) in [7, 11) is 0. The van der Waals surface area contributed by atoms with E-state index in [1.807, 2.05) is 18.2 Å². The van der Waals surface area contributed by atoms with Crippen LogP contribution in [0.15, 0.2) is 24.3 Å². The molecular formula is C13H14ClNO3. The zero-order valence-corrected chi connectivity index (χ0v) is 10.7. The Hall–Kier alpha value is -1.55. The first-order valence-corrected chi connectivity index (χ1v) is 6.08. The summed E-state index contributed by atoms with van der Waals surface area (Å²) in [5, 5.41) is 12.4.